The number of ether oxygens (including phenoxy) is 1. The highest BCUT2D eigenvalue weighted by Crippen LogP contribution is 2.43. The summed E-state index contributed by atoms with van der Waals surface area (Å²) < 4.78 is 48.1. The molecule has 12 heteroatoms. The summed E-state index contributed by atoms with van der Waals surface area (Å²) >= 11 is 0. The number of rotatable bonds is 4. The van der Waals surface area contributed by atoms with E-state index in [0.29, 0.717) is 44.5 Å². The van der Waals surface area contributed by atoms with Crippen LogP contribution in [-0.2, 0) is 17.5 Å². The molecule has 2 aromatic rings. The molecule has 9 nitrogen and oxygen atoms in total. The lowest BCUT2D eigenvalue weighted by atomic mass is 9.84. The summed E-state index contributed by atoms with van der Waals surface area (Å²) in [5.74, 6) is -0.759. The van der Waals surface area contributed by atoms with Crippen molar-refractivity contribution >= 4 is 17.7 Å². The number of hydrogen-bond donors (Lipinski definition) is 1. The van der Waals surface area contributed by atoms with Crippen LogP contribution in [0.4, 0.5) is 23.7 Å². The minimum Gasteiger partial charge on any atom is -0.476 e. The van der Waals surface area contributed by atoms with Crippen molar-refractivity contribution in [1.29, 1.82) is 0 Å². The summed E-state index contributed by atoms with van der Waals surface area (Å²) in [7, 11) is 0. The molecule has 0 saturated carbocycles. The molecule has 4 aliphatic heterocycles. The van der Waals surface area contributed by atoms with Gasteiger partial charge in [-0.15, -0.1) is 0 Å². The highest BCUT2D eigenvalue weighted by atomic mass is 19.4. The molecule has 0 aliphatic carbocycles. The Labute approximate surface area is 230 Å². The number of carbonyl (C=O) groups is 2. The molecule has 1 N–H and O–H groups in total. The Morgan fingerprint density at radius 1 is 1.12 bits per heavy atom. The number of amides is 1. The van der Waals surface area contributed by atoms with Crippen LogP contribution in [0.25, 0.3) is 0 Å². The Morgan fingerprint density at radius 2 is 1.93 bits per heavy atom. The third-order valence-electron chi connectivity index (χ3n) is 9.27. The molecule has 216 valence electrons. The summed E-state index contributed by atoms with van der Waals surface area (Å²) in [5, 5.41) is 13.0. The van der Waals surface area contributed by atoms with Crippen LogP contribution in [0.5, 0.6) is 0 Å². The van der Waals surface area contributed by atoms with Gasteiger partial charge < -0.3 is 19.6 Å². The van der Waals surface area contributed by atoms with Gasteiger partial charge in [-0.1, -0.05) is 6.07 Å². The lowest BCUT2D eigenvalue weighted by Gasteiger charge is -2.45. The molecule has 1 aromatic heterocycles. The van der Waals surface area contributed by atoms with Gasteiger partial charge in [0.05, 0.1) is 18.2 Å². The zero-order valence-electron chi connectivity index (χ0n) is 22.3. The van der Waals surface area contributed by atoms with Gasteiger partial charge in [0, 0.05) is 50.2 Å². The minimum absolute atomic E-state index is 0.0838. The molecular formula is C28H34F3N5O4. The molecule has 2 bridgehead atoms. The van der Waals surface area contributed by atoms with Gasteiger partial charge >= 0.3 is 18.2 Å². The number of carbonyl (C=O) groups excluding carboxylic acids is 1. The van der Waals surface area contributed by atoms with E-state index in [1.165, 1.54) is 24.4 Å². The van der Waals surface area contributed by atoms with Gasteiger partial charge in [-0.2, -0.15) is 23.0 Å². The van der Waals surface area contributed by atoms with Crippen LogP contribution in [0, 0.1) is 5.92 Å². The number of carboxylic acids is 1. The molecule has 4 aliphatic rings. The van der Waals surface area contributed by atoms with E-state index in [1.807, 2.05) is 0 Å². The van der Waals surface area contributed by atoms with E-state index < -0.39 is 17.7 Å². The van der Waals surface area contributed by atoms with Gasteiger partial charge in [0.2, 0.25) is 0 Å². The largest absolute Gasteiger partial charge is 0.476 e. The molecule has 2 unspecified atom stereocenters. The number of benzene rings is 1. The third-order valence-corrected chi connectivity index (χ3v) is 9.27. The first kappa shape index (κ1) is 27.1. The van der Waals surface area contributed by atoms with E-state index in [1.54, 1.807) is 11.0 Å². The van der Waals surface area contributed by atoms with Crippen molar-refractivity contribution < 1.29 is 32.6 Å². The van der Waals surface area contributed by atoms with Gasteiger partial charge in [0.15, 0.2) is 5.69 Å². The second-order valence-electron chi connectivity index (χ2n) is 11.6. The maximum atomic E-state index is 13.8. The first-order valence-corrected chi connectivity index (χ1v) is 14.0. The fraction of sp³-hybridized carbons (Fsp3) is 0.607. The number of alkyl halides is 3. The SMILES string of the molecule is O=C(O)c1ccn(C(=O)N2CCC3(CCCN3Cc3ccc(C(F)(F)F)cc3N3CC4CCOCC3C4)CC2)n1. The number of hydrogen-bond acceptors (Lipinski definition) is 6. The van der Waals surface area contributed by atoms with Crippen molar-refractivity contribution in [3.8, 4) is 0 Å². The van der Waals surface area contributed by atoms with Crippen molar-refractivity contribution in [2.24, 2.45) is 5.92 Å². The number of aromatic nitrogens is 2. The predicted molar refractivity (Wildman–Crippen MR) is 139 cm³/mol. The molecule has 1 amide bonds. The Balaban J connectivity index is 1.20. The maximum Gasteiger partial charge on any atom is 0.416 e. The van der Waals surface area contributed by atoms with E-state index >= 15 is 0 Å². The molecule has 4 saturated heterocycles. The average molecular weight is 562 g/mol. The zero-order chi connectivity index (χ0) is 28.1. The fourth-order valence-electron chi connectivity index (χ4n) is 7.10. The monoisotopic (exact) mass is 561 g/mol. The van der Waals surface area contributed by atoms with Crippen molar-refractivity contribution in [2.75, 3.05) is 44.3 Å². The lowest BCUT2D eigenvalue weighted by molar-refractivity contribution is -0.137. The Hall–Kier alpha value is -3.12. The number of anilines is 1. The first-order chi connectivity index (χ1) is 19.1. The van der Waals surface area contributed by atoms with Gasteiger partial charge in [0.1, 0.15) is 0 Å². The topological polar surface area (TPSA) is 91.1 Å². The molecule has 1 spiro atoms. The zero-order valence-corrected chi connectivity index (χ0v) is 22.3. The number of fused-ring (bicyclic) bond motifs is 2. The predicted octanol–water partition coefficient (Wildman–Crippen LogP) is 4.31. The maximum absolute atomic E-state index is 13.8. The number of nitrogens with zero attached hydrogens (tertiary/aromatic N) is 5. The van der Waals surface area contributed by atoms with Crippen molar-refractivity contribution in [3.63, 3.8) is 0 Å². The fourth-order valence-corrected chi connectivity index (χ4v) is 7.10. The van der Waals surface area contributed by atoms with Crippen LogP contribution in [0.15, 0.2) is 30.5 Å². The molecule has 40 heavy (non-hydrogen) atoms. The van der Waals surface area contributed by atoms with Crippen LogP contribution in [-0.4, -0.2) is 87.7 Å². The molecule has 5 heterocycles. The average Bonchev–Trinajstić information content (AvgIpc) is 3.61. The molecular weight excluding hydrogens is 527 g/mol. The number of carboxylic acid groups (broad SMARTS) is 1. The Kier molecular flexibility index (Phi) is 7.02. The van der Waals surface area contributed by atoms with Crippen LogP contribution >= 0.6 is 0 Å². The van der Waals surface area contributed by atoms with Gasteiger partial charge in [-0.05, 0) is 74.8 Å². The third kappa shape index (κ3) is 5.07. The second kappa shape index (κ2) is 10.4. The van der Waals surface area contributed by atoms with Crippen molar-refractivity contribution in [2.45, 2.75) is 62.8 Å². The molecule has 1 aromatic carbocycles. The smallest absolute Gasteiger partial charge is 0.416 e. The second-order valence-corrected chi connectivity index (χ2v) is 11.6. The highest BCUT2D eigenvalue weighted by Gasteiger charge is 2.45. The summed E-state index contributed by atoms with van der Waals surface area (Å²) in [6.45, 7) is 4.41. The van der Waals surface area contributed by atoms with Gasteiger partial charge in [-0.3, -0.25) is 4.90 Å². The van der Waals surface area contributed by atoms with E-state index in [2.05, 4.69) is 14.9 Å². The summed E-state index contributed by atoms with van der Waals surface area (Å²) in [6, 6.07) is 5.20. The van der Waals surface area contributed by atoms with Crippen LogP contribution in [0.2, 0.25) is 0 Å². The van der Waals surface area contributed by atoms with E-state index in [4.69, 9.17) is 9.84 Å². The van der Waals surface area contributed by atoms with Crippen molar-refractivity contribution in [1.82, 2.24) is 19.6 Å². The molecule has 4 fully saturated rings. The minimum atomic E-state index is -4.41. The van der Waals surface area contributed by atoms with Gasteiger partial charge in [-0.25, -0.2) is 9.59 Å². The number of aromatic carboxylic acids is 1. The summed E-state index contributed by atoms with van der Waals surface area (Å²) in [4.78, 5) is 30.3. The van der Waals surface area contributed by atoms with E-state index in [-0.39, 0.29) is 23.3 Å². The number of likely N-dealkylation sites (tertiary alicyclic amines) is 2. The van der Waals surface area contributed by atoms with E-state index in [0.717, 1.165) is 61.9 Å². The van der Waals surface area contributed by atoms with Crippen molar-refractivity contribution in [3.05, 3.63) is 47.3 Å². The highest BCUT2D eigenvalue weighted by molar-refractivity contribution is 5.86. The molecule has 0 radical (unpaired) electrons. The quantitative estimate of drug-likeness (QED) is 0.595. The lowest BCUT2D eigenvalue weighted by Crippen LogP contribution is -2.53. The summed E-state index contributed by atoms with van der Waals surface area (Å²) in [5.41, 5.74) is 0.626. The first-order valence-electron chi connectivity index (χ1n) is 14.0. The van der Waals surface area contributed by atoms with Crippen LogP contribution < -0.4 is 4.90 Å². The normalized spacial score (nSPS) is 25.0. The summed E-state index contributed by atoms with van der Waals surface area (Å²) in [6.07, 6.45) is 2.27. The van der Waals surface area contributed by atoms with Crippen LogP contribution in [0.1, 0.15) is 60.1 Å². The van der Waals surface area contributed by atoms with E-state index in [9.17, 15) is 22.8 Å². The Bertz CT molecular complexity index is 1270. The standard InChI is InChI=1S/C28H34F3N5O4/c29-28(30,31)21-3-2-20(24(15-21)35-16-19-5-13-40-18-22(35)14-19)17-34-9-1-6-27(34)7-11-33(12-8-27)26(39)36-10-4-23(32-36)25(37)38/h2-4,10,15,19,22H,1,5-9,11-14,16-18H2,(H,37,38). The number of halogens is 3. The molecule has 2 atom stereocenters. The molecule has 6 rings (SSSR count). The van der Waals surface area contributed by atoms with Gasteiger partial charge in [0.25, 0.3) is 0 Å². The van der Waals surface area contributed by atoms with Crippen LogP contribution in [0.3, 0.4) is 0 Å². The Morgan fingerprint density at radius 3 is 2.65 bits per heavy atom. The number of piperidine rings is 1.